The van der Waals surface area contributed by atoms with E-state index >= 15 is 0 Å². The van der Waals surface area contributed by atoms with E-state index in [0.717, 1.165) is 63.1 Å². The molecule has 2 N–H and O–H groups in total. The number of ether oxygens (including phenoxy) is 2. The molecule has 4 rings (SSSR count). The van der Waals surface area contributed by atoms with E-state index in [2.05, 4.69) is 37.8 Å². The van der Waals surface area contributed by atoms with Crippen LogP contribution in [-0.4, -0.2) is 53.6 Å². The summed E-state index contributed by atoms with van der Waals surface area (Å²) in [5, 5.41) is 21.2. The van der Waals surface area contributed by atoms with Gasteiger partial charge in [0, 0.05) is 19.1 Å². The van der Waals surface area contributed by atoms with Gasteiger partial charge in [0.05, 0.1) is 18.8 Å². The highest BCUT2D eigenvalue weighted by Gasteiger charge is 2.40. The maximum absolute atomic E-state index is 10.9. The number of aliphatic hydroxyl groups excluding tert-OH is 1. The highest BCUT2D eigenvalue weighted by Crippen LogP contribution is 2.45. The van der Waals surface area contributed by atoms with Gasteiger partial charge in [0.2, 0.25) is 0 Å². The number of nitrogens with zero attached hydrogens (tertiary/aromatic N) is 1. The van der Waals surface area contributed by atoms with E-state index in [9.17, 15) is 10.2 Å². The number of hydrogen-bond donors (Lipinski definition) is 2. The Labute approximate surface area is 175 Å². The third-order valence-corrected chi connectivity index (χ3v) is 7.03. The van der Waals surface area contributed by atoms with E-state index in [-0.39, 0.29) is 17.6 Å². The number of benzene rings is 1. The number of rotatable bonds is 5. The summed E-state index contributed by atoms with van der Waals surface area (Å²) >= 11 is 0. The lowest BCUT2D eigenvalue weighted by molar-refractivity contribution is -0.0668. The van der Waals surface area contributed by atoms with Crippen LogP contribution in [-0.2, 0) is 6.42 Å². The van der Waals surface area contributed by atoms with Crippen molar-refractivity contribution >= 4 is 0 Å². The molecule has 1 aromatic carbocycles. The fourth-order valence-corrected chi connectivity index (χ4v) is 5.30. The molecule has 2 aliphatic heterocycles. The average molecular weight is 404 g/mol. The second-order valence-corrected chi connectivity index (χ2v) is 10.7. The summed E-state index contributed by atoms with van der Waals surface area (Å²) in [7, 11) is 1.67. The molecule has 29 heavy (non-hydrogen) atoms. The van der Waals surface area contributed by atoms with Crippen molar-refractivity contribution in [3.63, 3.8) is 0 Å². The predicted octanol–water partition coefficient (Wildman–Crippen LogP) is 3.71. The summed E-state index contributed by atoms with van der Waals surface area (Å²) in [6, 6.07) is 4.44. The Morgan fingerprint density at radius 3 is 2.59 bits per heavy atom. The van der Waals surface area contributed by atoms with Gasteiger partial charge in [-0.15, -0.1) is 0 Å². The van der Waals surface area contributed by atoms with Crippen LogP contribution in [0.1, 0.15) is 70.0 Å². The Hall–Kier alpha value is -1.30. The Bertz CT molecular complexity index is 737. The van der Waals surface area contributed by atoms with Crippen LogP contribution in [0.2, 0.25) is 0 Å². The van der Waals surface area contributed by atoms with Gasteiger partial charge >= 0.3 is 0 Å². The lowest BCUT2D eigenvalue weighted by Gasteiger charge is -2.47. The quantitative estimate of drug-likeness (QED) is 0.785. The van der Waals surface area contributed by atoms with Crippen LogP contribution in [0.5, 0.6) is 11.5 Å². The Balaban J connectivity index is 1.52. The van der Waals surface area contributed by atoms with E-state index in [0.29, 0.717) is 12.5 Å². The molecule has 0 radical (unpaired) electrons. The molecule has 3 unspecified atom stereocenters. The van der Waals surface area contributed by atoms with Crippen LogP contribution >= 0.6 is 0 Å². The van der Waals surface area contributed by atoms with Crippen LogP contribution in [0.25, 0.3) is 0 Å². The van der Waals surface area contributed by atoms with Gasteiger partial charge in [-0.25, -0.2) is 0 Å². The molecule has 0 amide bonds. The summed E-state index contributed by atoms with van der Waals surface area (Å²) < 4.78 is 11.6. The third-order valence-electron chi connectivity index (χ3n) is 7.03. The van der Waals surface area contributed by atoms with E-state index in [1.54, 1.807) is 7.11 Å². The van der Waals surface area contributed by atoms with Gasteiger partial charge in [0.1, 0.15) is 6.61 Å². The van der Waals surface area contributed by atoms with E-state index in [4.69, 9.17) is 9.47 Å². The van der Waals surface area contributed by atoms with Crippen molar-refractivity contribution in [2.45, 2.75) is 77.0 Å². The number of methoxy groups -OCH3 is 1. The molecule has 1 aliphatic carbocycles. The molecule has 5 nitrogen and oxygen atoms in total. The molecule has 2 heterocycles. The molecule has 5 heteroatoms. The minimum atomic E-state index is -0.673. The smallest absolute Gasteiger partial charge is 0.161 e. The fourth-order valence-electron chi connectivity index (χ4n) is 5.30. The van der Waals surface area contributed by atoms with Gasteiger partial charge in [-0.2, -0.15) is 0 Å². The molecular weight excluding hydrogens is 366 g/mol. The summed E-state index contributed by atoms with van der Waals surface area (Å²) in [5.74, 6) is 1.78. The molecule has 3 atom stereocenters. The molecule has 162 valence electrons. The van der Waals surface area contributed by atoms with Crippen molar-refractivity contribution in [1.82, 2.24) is 4.90 Å². The zero-order valence-electron chi connectivity index (χ0n) is 18.4. The number of piperidine rings is 1. The third kappa shape index (κ3) is 4.42. The molecular formula is C24H37NO4. The standard InChI is InChI=1S/C24H37NO4/c1-23(2,3)13-17-14-25-9-6-16-10-22(29-15-24(27)7-5-8-24)21(28-4)11-18(16)19(25)12-20(17)26/h10-11,17,19-20,26-27H,5-9,12-15H2,1-4H3. The summed E-state index contributed by atoms with van der Waals surface area (Å²) in [5.41, 5.74) is 2.10. The molecule has 1 aromatic rings. The highest BCUT2D eigenvalue weighted by molar-refractivity contribution is 5.49. The minimum absolute atomic E-state index is 0.228. The Morgan fingerprint density at radius 2 is 1.97 bits per heavy atom. The molecule has 0 bridgehead atoms. The fraction of sp³-hybridized carbons (Fsp3) is 0.750. The van der Waals surface area contributed by atoms with Crippen LogP contribution < -0.4 is 9.47 Å². The van der Waals surface area contributed by atoms with Crippen molar-refractivity contribution in [3.8, 4) is 11.5 Å². The first-order valence-electron chi connectivity index (χ1n) is 11.2. The first-order chi connectivity index (χ1) is 13.7. The lowest BCUT2D eigenvalue weighted by Crippen LogP contribution is -2.48. The normalized spacial score (nSPS) is 28.8. The van der Waals surface area contributed by atoms with Gasteiger partial charge in [-0.05, 0) is 73.1 Å². The maximum atomic E-state index is 10.9. The minimum Gasteiger partial charge on any atom is -0.493 e. The second-order valence-electron chi connectivity index (χ2n) is 10.7. The zero-order valence-corrected chi connectivity index (χ0v) is 18.4. The lowest BCUT2D eigenvalue weighted by atomic mass is 9.75. The van der Waals surface area contributed by atoms with Gasteiger partial charge in [-0.3, -0.25) is 4.90 Å². The van der Waals surface area contributed by atoms with Gasteiger partial charge in [-0.1, -0.05) is 20.8 Å². The van der Waals surface area contributed by atoms with Gasteiger partial charge < -0.3 is 19.7 Å². The summed E-state index contributed by atoms with van der Waals surface area (Å²) in [6.07, 6.45) is 5.22. The summed E-state index contributed by atoms with van der Waals surface area (Å²) in [6.45, 7) is 9.05. The maximum Gasteiger partial charge on any atom is 0.161 e. The van der Waals surface area contributed by atoms with Crippen molar-refractivity contribution in [1.29, 1.82) is 0 Å². The largest absolute Gasteiger partial charge is 0.493 e. The molecule has 0 spiro atoms. The van der Waals surface area contributed by atoms with E-state index in [1.807, 2.05) is 0 Å². The van der Waals surface area contributed by atoms with Crippen LogP contribution in [0.4, 0.5) is 0 Å². The number of aliphatic hydroxyl groups is 2. The van der Waals surface area contributed by atoms with Crippen LogP contribution in [0.15, 0.2) is 12.1 Å². The summed E-state index contributed by atoms with van der Waals surface area (Å²) in [4.78, 5) is 2.54. The van der Waals surface area contributed by atoms with Crippen LogP contribution in [0, 0.1) is 11.3 Å². The van der Waals surface area contributed by atoms with Gasteiger partial charge in [0.15, 0.2) is 11.5 Å². The molecule has 1 saturated heterocycles. The second kappa shape index (κ2) is 7.75. The van der Waals surface area contributed by atoms with E-state index in [1.165, 1.54) is 11.1 Å². The Morgan fingerprint density at radius 1 is 1.21 bits per heavy atom. The monoisotopic (exact) mass is 403 g/mol. The van der Waals surface area contributed by atoms with Crippen molar-refractivity contribution < 1.29 is 19.7 Å². The predicted molar refractivity (Wildman–Crippen MR) is 113 cm³/mol. The van der Waals surface area contributed by atoms with Crippen LogP contribution in [0.3, 0.4) is 0 Å². The highest BCUT2D eigenvalue weighted by atomic mass is 16.5. The SMILES string of the molecule is COc1cc2c(cc1OCC1(O)CCC1)CCN1CC(CC(C)(C)C)C(O)CC21. The van der Waals surface area contributed by atoms with E-state index < -0.39 is 5.60 Å². The number of hydrogen-bond acceptors (Lipinski definition) is 5. The first-order valence-corrected chi connectivity index (χ1v) is 11.2. The molecule has 3 aliphatic rings. The van der Waals surface area contributed by atoms with Crippen molar-refractivity contribution in [2.24, 2.45) is 11.3 Å². The van der Waals surface area contributed by atoms with Gasteiger partial charge in [0.25, 0.3) is 0 Å². The van der Waals surface area contributed by atoms with Crippen molar-refractivity contribution in [3.05, 3.63) is 23.3 Å². The molecule has 0 aromatic heterocycles. The number of fused-ring (bicyclic) bond motifs is 3. The topological polar surface area (TPSA) is 62.2 Å². The molecule has 1 saturated carbocycles. The molecule has 2 fully saturated rings. The van der Waals surface area contributed by atoms with Crippen molar-refractivity contribution in [2.75, 3.05) is 26.8 Å². The zero-order chi connectivity index (χ0) is 20.8. The Kier molecular flexibility index (Phi) is 5.60. The first kappa shape index (κ1) is 21.0. The average Bonchev–Trinajstić information content (AvgIpc) is 2.63.